The van der Waals surface area contributed by atoms with Gasteiger partial charge in [-0.2, -0.15) is 0 Å². The van der Waals surface area contributed by atoms with Crippen LogP contribution in [0.4, 0.5) is 0 Å². The lowest BCUT2D eigenvalue weighted by Gasteiger charge is -2.14. The SMILES string of the molecule is COc1ccc(OCc2nc(C(C)(C)C)cs2)c(CCl)c1. The summed E-state index contributed by atoms with van der Waals surface area (Å²) < 4.78 is 11.0. The van der Waals surface area contributed by atoms with Gasteiger partial charge in [0.15, 0.2) is 0 Å². The molecule has 5 heteroatoms. The van der Waals surface area contributed by atoms with Crippen LogP contribution >= 0.6 is 22.9 Å². The number of hydrogen-bond acceptors (Lipinski definition) is 4. The number of rotatable bonds is 5. The molecule has 2 aromatic rings. The van der Waals surface area contributed by atoms with E-state index in [0.29, 0.717) is 12.5 Å². The predicted molar refractivity (Wildman–Crippen MR) is 87.7 cm³/mol. The van der Waals surface area contributed by atoms with Gasteiger partial charge in [-0.3, -0.25) is 0 Å². The highest BCUT2D eigenvalue weighted by atomic mass is 35.5. The molecule has 1 aromatic carbocycles. The summed E-state index contributed by atoms with van der Waals surface area (Å²) in [5.74, 6) is 1.94. The first kappa shape index (κ1) is 16.1. The number of benzene rings is 1. The Balaban J connectivity index is 2.08. The van der Waals surface area contributed by atoms with Crippen molar-refractivity contribution < 1.29 is 9.47 Å². The molecule has 0 unspecified atom stereocenters. The molecule has 0 N–H and O–H groups in total. The zero-order valence-electron chi connectivity index (χ0n) is 12.8. The Kier molecular flexibility index (Phi) is 5.12. The van der Waals surface area contributed by atoms with Crippen LogP contribution in [0.5, 0.6) is 11.5 Å². The molecule has 0 bridgehead atoms. The molecule has 0 spiro atoms. The Morgan fingerprint density at radius 1 is 1.29 bits per heavy atom. The van der Waals surface area contributed by atoms with E-state index < -0.39 is 0 Å². The van der Waals surface area contributed by atoms with Crippen LogP contribution < -0.4 is 9.47 Å². The van der Waals surface area contributed by atoms with Crippen LogP contribution in [0.3, 0.4) is 0 Å². The molecule has 0 saturated carbocycles. The smallest absolute Gasteiger partial charge is 0.140 e. The molecule has 2 rings (SSSR count). The molecule has 3 nitrogen and oxygen atoms in total. The molecular formula is C16H20ClNO2S. The number of nitrogens with zero attached hydrogens (tertiary/aromatic N) is 1. The van der Waals surface area contributed by atoms with E-state index in [2.05, 4.69) is 31.1 Å². The molecule has 0 aliphatic heterocycles. The van der Waals surface area contributed by atoms with E-state index in [4.69, 9.17) is 21.1 Å². The standard InChI is InChI=1S/C16H20ClNO2S/c1-16(2,3)14-10-21-15(18-14)9-20-13-6-5-12(19-4)7-11(13)8-17/h5-7,10H,8-9H2,1-4H3. The van der Waals surface area contributed by atoms with Gasteiger partial charge in [-0.1, -0.05) is 20.8 Å². The molecular weight excluding hydrogens is 306 g/mol. The third-order valence-electron chi connectivity index (χ3n) is 3.08. The Bertz CT molecular complexity index is 605. The summed E-state index contributed by atoms with van der Waals surface area (Å²) in [5, 5.41) is 3.06. The monoisotopic (exact) mass is 325 g/mol. The molecule has 114 valence electrons. The molecule has 21 heavy (non-hydrogen) atoms. The molecule has 0 fully saturated rings. The molecule has 1 heterocycles. The van der Waals surface area contributed by atoms with Crippen molar-refractivity contribution >= 4 is 22.9 Å². The van der Waals surface area contributed by atoms with E-state index in [-0.39, 0.29) is 5.41 Å². The maximum Gasteiger partial charge on any atom is 0.140 e. The van der Waals surface area contributed by atoms with Gasteiger partial charge in [-0.15, -0.1) is 22.9 Å². The van der Waals surface area contributed by atoms with Crippen LogP contribution in [0.25, 0.3) is 0 Å². The second-order valence-corrected chi connectivity index (χ2v) is 6.98. The largest absolute Gasteiger partial charge is 0.497 e. The summed E-state index contributed by atoms with van der Waals surface area (Å²) in [6.45, 7) is 6.92. The van der Waals surface area contributed by atoms with Gasteiger partial charge in [-0.25, -0.2) is 4.98 Å². The van der Waals surface area contributed by atoms with Gasteiger partial charge in [0.2, 0.25) is 0 Å². The van der Waals surface area contributed by atoms with Crippen molar-refractivity contribution in [2.45, 2.75) is 38.7 Å². The summed E-state index contributed by atoms with van der Waals surface area (Å²) >= 11 is 7.58. The lowest BCUT2D eigenvalue weighted by Crippen LogP contribution is -2.11. The molecule has 0 amide bonds. The van der Waals surface area contributed by atoms with Gasteiger partial charge in [0.05, 0.1) is 18.7 Å². The normalized spacial score (nSPS) is 11.5. The Hall–Kier alpha value is -1.26. The fourth-order valence-electron chi connectivity index (χ4n) is 1.79. The molecule has 0 aliphatic rings. The Morgan fingerprint density at radius 2 is 2.05 bits per heavy atom. The molecule has 0 aliphatic carbocycles. The van der Waals surface area contributed by atoms with Crippen LogP contribution in [-0.4, -0.2) is 12.1 Å². The predicted octanol–water partition coefficient (Wildman–Crippen LogP) is 4.77. The van der Waals surface area contributed by atoms with Crippen molar-refractivity contribution in [1.29, 1.82) is 0 Å². The zero-order chi connectivity index (χ0) is 15.5. The Labute approximate surface area is 134 Å². The number of methoxy groups -OCH3 is 1. The fourth-order valence-corrected chi connectivity index (χ4v) is 2.93. The minimum atomic E-state index is 0.0656. The van der Waals surface area contributed by atoms with E-state index in [1.54, 1.807) is 18.4 Å². The van der Waals surface area contributed by atoms with Gasteiger partial charge < -0.3 is 9.47 Å². The average molecular weight is 326 g/mol. The summed E-state index contributed by atoms with van der Waals surface area (Å²) in [6.07, 6.45) is 0. The van der Waals surface area contributed by atoms with Crippen molar-refractivity contribution in [3.8, 4) is 11.5 Å². The number of thiazole rings is 1. The van der Waals surface area contributed by atoms with Gasteiger partial charge in [0, 0.05) is 16.4 Å². The third kappa shape index (κ3) is 4.11. The van der Waals surface area contributed by atoms with E-state index in [1.807, 2.05) is 18.2 Å². The van der Waals surface area contributed by atoms with Crippen LogP contribution in [-0.2, 0) is 17.9 Å². The second-order valence-electron chi connectivity index (χ2n) is 5.77. The van der Waals surface area contributed by atoms with Crippen LogP contribution in [0.1, 0.15) is 37.0 Å². The zero-order valence-corrected chi connectivity index (χ0v) is 14.3. The fraction of sp³-hybridized carbons (Fsp3) is 0.438. The highest BCUT2D eigenvalue weighted by Gasteiger charge is 2.17. The van der Waals surface area contributed by atoms with Gasteiger partial charge in [0.25, 0.3) is 0 Å². The minimum Gasteiger partial charge on any atom is -0.497 e. The summed E-state index contributed by atoms with van der Waals surface area (Å²) in [4.78, 5) is 4.62. The van der Waals surface area contributed by atoms with Crippen molar-refractivity contribution in [3.63, 3.8) is 0 Å². The van der Waals surface area contributed by atoms with Crippen molar-refractivity contribution in [3.05, 3.63) is 39.8 Å². The second kappa shape index (κ2) is 6.67. The first-order chi connectivity index (χ1) is 9.94. The average Bonchev–Trinajstić information content (AvgIpc) is 2.94. The number of halogens is 1. The van der Waals surface area contributed by atoms with Gasteiger partial charge in [-0.05, 0) is 18.2 Å². The van der Waals surface area contributed by atoms with E-state index in [0.717, 1.165) is 27.8 Å². The van der Waals surface area contributed by atoms with Crippen molar-refractivity contribution in [2.24, 2.45) is 0 Å². The van der Waals surface area contributed by atoms with Crippen LogP contribution in [0.2, 0.25) is 0 Å². The topological polar surface area (TPSA) is 31.4 Å². The molecule has 0 saturated heterocycles. The van der Waals surface area contributed by atoms with Crippen LogP contribution in [0, 0.1) is 0 Å². The van der Waals surface area contributed by atoms with Crippen LogP contribution in [0.15, 0.2) is 23.6 Å². The van der Waals surface area contributed by atoms with Gasteiger partial charge >= 0.3 is 0 Å². The summed E-state index contributed by atoms with van der Waals surface area (Å²) in [5.41, 5.74) is 2.08. The highest BCUT2D eigenvalue weighted by Crippen LogP contribution is 2.28. The van der Waals surface area contributed by atoms with Gasteiger partial charge in [0.1, 0.15) is 23.1 Å². The summed E-state index contributed by atoms with van der Waals surface area (Å²) in [6, 6.07) is 5.65. The number of alkyl halides is 1. The first-order valence-corrected chi connectivity index (χ1v) is 8.16. The molecule has 0 radical (unpaired) electrons. The Morgan fingerprint density at radius 3 is 2.62 bits per heavy atom. The molecule has 0 atom stereocenters. The first-order valence-electron chi connectivity index (χ1n) is 6.74. The number of ether oxygens (including phenoxy) is 2. The van der Waals surface area contributed by atoms with E-state index >= 15 is 0 Å². The van der Waals surface area contributed by atoms with Crippen molar-refractivity contribution in [1.82, 2.24) is 4.98 Å². The summed E-state index contributed by atoms with van der Waals surface area (Å²) in [7, 11) is 1.64. The van der Waals surface area contributed by atoms with E-state index in [9.17, 15) is 0 Å². The maximum atomic E-state index is 5.96. The maximum absolute atomic E-state index is 5.96. The quantitative estimate of drug-likeness (QED) is 0.742. The third-order valence-corrected chi connectivity index (χ3v) is 4.19. The minimum absolute atomic E-state index is 0.0656. The lowest BCUT2D eigenvalue weighted by molar-refractivity contribution is 0.301. The lowest BCUT2D eigenvalue weighted by atomic mass is 9.93. The highest BCUT2D eigenvalue weighted by molar-refractivity contribution is 7.09. The van der Waals surface area contributed by atoms with Crippen molar-refractivity contribution in [2.75, 3.05) is 7.11 Å². The number of hydrogen-bond donors (Lipinski definition) is 0. The molecule has 1 aromatic heterocycles. The number of aromatic nitrogens is 1. The van der Waals surface area contributed by atoms with E-state index in [1.165, 1.54) is 0 Å².